The molecule has 0 saturated carbocycles. The summed E-state index contributed by atoms with van der Waals surface area (Å²) in [5.41, 5.74) is 2.05. The lowest BCUT2D eigenvalue weighted by Crippen LogP contribution is -2.10. The predicted octanol–water partition coefficient (Wildman–Crippen LogP) is 5.57. The van der Waals surface area contributed by atoms with Crippen LogP contribution < -0.4 is 0 Å². The fourth-order valence-electron chi connectivity index (χ4n) is 2.42. The van der Waals surface area contributed by atoms with Gasteiger partial charge in [0.2, 0.25) is 0 Å². The topological polar surface area (TPSA) is 39.2 Å². The summed E-state index contributed by atoms with van der Waals surface area (Å²) >= 11 is 1.42. The molecule has 0 spiro atoms. The molecule has 0 amide bonds. The molecule has 0 unspecified atom stereocenters. The third-order valence-electron chi connectivity index (χ3n) is 3.89. The van der Waals surface area contributed by atoms with Gasteiger partial charge in [-0.2, -0.15) is 0 Å². The van der Waals surface area contributed by atoms with Crippen molar-refractivity contribution in [2.45, 2.75) is 26.4 Å². The summed E-state index contributed by atoms with van der Waals surface area (Å²) in [5, 5.41) is 2.56. The maximum Gasteiger partial charge on any atom is 0.344 e. The molecule has 0 N–H and O–H groups in total. The molecule has 0 aliphatic heterocycles. The van der Waals surface area contributed by atoms with Gasteiger partial charge in [0.15, 0.2) is 0 Å². The van der Waals surface area contributed by atoms with Gasteiger partial charge in [-0.15, -0.1) is 11.3 Å². The van der Waals surface area contributed by atoms with Gasteiger partial charge in [-0.1, -0.05) is 44.2 Å². The van der Waals surface area contributed by atoms with Crippen molar-refractivity contribution in [2.24, 2.45) is 0 Å². The van der Waals surface area contributed by atoms with Crippen LogP contribution in [0.2, 0.25) is 0 Å². The summed E-state index contributed by atoms with van der Waals surface area (Å²) in [6, 6.07) is 11.3. The zero-order chi connectivity index (χ0) is 18.7. The SMILES string of the molecule is CC(C)c1ccc(-c2nc(COC(=O)c3c(F)cccc3F)cs2)cc1. The number of nitrogens with zero attached hydrogens (tertiary/aromatic N) is 1. The zero-order valence-corrected chi connectivity index (χ0v) is 15.1. The highest BCUT2D eigenvalue weighted by Gasteiger charge is 2.19. The van der Waals surface area contributed by atoms with Crippen molar-refractivity contribution in [2.75, 3.05) is 0 Å². The Balaban J connectivity index is 1.68. The van der Waals surface area contributed by atoms with Crippen LogP contribution in [0.3, 0.4) is 0 Å². The van der Waals surface area contributed by atoms with Crippen LogP contribution in [0.25, 0.3) is 10.6 Å². The van der Waals surface area contributed by atoms with Gasteiger partial charge in [-0.05, 0) is 23.6 Å². The maximum atomic E-state index is 13.6. The van der Waals surface area contributed by atoms with Gasteiger partial charge in [-0.25, -0.2) is 18.6 Å². The zero-order valence-electron chi connectivity index (χ0n) is 14.3. The number of esters is 1. The smallest absolute Gasteiger partial charge is 0.344 e. The number of hydrogen-bond acceptors (Lipinski definition) is 4. The predicted molar refractivity (Wildman–Crippen MR) is 97.1 cm³/mol. The number of rotatable bonds is 5. The minimum atomic E-state index is -1.04. The van der Waals surface area contributed by atoms with Crippen LogP contribution in [0, 0.1) is 11.6 Å². The highest BCUT2D eigenvalue weighted by atomic mass is 32.1. The van der Waals surface area contributed by atoms with E-state index in [0.717, 1.165) is 22.7 Å². The van der Waals surface area contributed by atoms with Crippen LogP contribution in [0.5, 0.6) is 0 Å². The van der Waals surface area contributed by atoms with Gasteiger partial charge >= 0.3 is 5.97 Å². The molecule has 2 aromatic carbocycles. The third kappa shape index (κ3) is 3.96. The number of thiazole rings is 1. The molecule has 26 heavy (non-hydrogen) atoms. The van der Waals surface area contributed by atoms with Crippen molar-refractivity contribution < 1.29 is 18.3 Å². The van der Waals surface area contributed by atoms with E-state index in [2.05, 4.69) is 31.0 Å². The molecule has 3 nitrogen and oxygen atoms in total. The quantitative estimate of drug-likeness (QED) is 0.549. The van der Waals surface area contributed by atoms with E-state index in [0.29, 0.717) is 11.6 Å². The monoisotopic (exact) mass is 373 g/mol. The van der Waals surface area contributed by atoms with Crippen LogP contribution >= 0.6 is 11.3 Å². The standard InChI is InChI=1S/C20H17F2NO2S/c1-12(2)13-6-8-14(9-7-13)19-23-15(11-26-19)10-25-20(24)18-16(21)4-3-5-17(18)22/h3-9,11-12H,10H2,1-2H3. The molecule has 3 aromatic rings. The molecule has 3 rings (SSSR count). The Labute approximate surface area is 154 Å². The number of hydrogen-bond donors (Lipinski definition) is 0. The molecule has 0 aliphatic rings. The molecular weight excluding hydrogens is 356 g/mol. The van der Waals surface area contributed by atoms with Gasteiger partial charge in [0.05, 0.1) is 5.69 Å². The van der Waals surface area contributed by atoms with E-state index in [4.69, 9.17) is 4.74 Å². The molecule has 134 valence electrons. The lowest BCUT2D eigenvalue weighted by molar-refractivity contribution is 0.0457. The van der Waals surface area contributed by atoms with E-state index in [1.165, 1.54) is 23.0 Å². The molecule has 0 aliphatic carbocycles. The Morgan fingerprint density at radius 3 is 2.38 bits per heavy atom. The Morgan fingerprint density at radius 1 is 1.12 bits per heavy atom. The van der Waals surface area contributed by atoms with Crippen molar-refractivity contribution in [3.05, 3.63) is 76.3 Å². The van der Waals surface area contributed by atoms with E-state index < -0.39 is 23.2 Å². The number of ether oxygens (including phenoxy) is 1. The van der Waals surface area contributed by atoms with Crippen LogP contribution in [0.15, 0.2) is 47.8 Å². The highest BCUT2D eigenvalue weighted by molar-refractivity contribution is 7.13. The molecular formula is C20H17F2NO2S. The average molecular weight is 373 g/mol. The minimum absolute atomic E-state index is 0.146. The first-order valence-corrected chi connectivity index (χ1v) is 8.99. The lowest BCUT2D eigenvalue weighted by Gasteiger charge is -2.05. The summed E-state index contributed by atoms with van der Waals surface area (Å²) < 4.78 is 32.2. The highest BCUT2D eigenvalue weighted by Crippen LogP contribution is 2.26. The van der Waals surface area contributed by atoms with Gasteiger partial charge < -0.3 is 4.74 Å². The van der Waals surface area contributed by atoms with Gasteiger partial charge in [-0.3, -0.25) is 0 Å². The minimum Gasteiger partial charge on any atom is -0.455 e. The number of carbonyl (C=O) groups excluding carboxylic acids is 1. The van der Waals surface area contributed by atoms with Crippen molar-refractivity contribution >= 4 is 17.3 Å². The average Bonchev–Trinajstić information content (AvgIpc) is 3.09. The Bertz CT molecular complexity index is 900. The molecule has 0 saturated heterocycles. The first-order chi connectivity index (χ1) is 12.5. The van der Waals surface area contributed by atoms with Crippen molar-refractivity contribution in [3.63, 3.8) is 0 Å². The largest absolute Gasteiger partial charge is 0.455 e. The van der Waals surface area contributed by atoms with Crippen molar-refractivity contribution in [1.82, 2.24) is 4.98 Å². The van der Waals surface area contributed by atoms with E-state index in [9.17, 15) is 13.6 Å². The fraction of sp³-hybridized carbons (Fsp3) is 0.200. The van der Waals surface area contributed by atoms with Crippen LogP contribution in [0.4, 0.5) is 8.78 Å². The van der Waals surface area contributed by atoms with Crippen LogP contribution in [-0.4, -0.2) is 11.0 Å². The molecule has 1 aromatic heterocycles. The second-order valence-electron chi connectivity index (χ2n) is 6.09. The van der Waals surface area contributed by atoms with E-state index in [1.807, 2.05) is 12.1 Å². The summed E-state index contributed by atoms with van der Waals surface area (Å²) in [4.78, 5) is 16.3. The third-order valence-corrected chi connectivity index (χ3v) is 4.83. The van der Waals surface area contributed by atoms with Crippen LogP contribution in [0.1, 0.15) is 41.4 Å². The summed E-state index contributed by atoms with van der Waals surface area (Å²) in [5.74, 6) is -2.48. The summed E-state index contributed by atoms with van der Waals surface area (Å²) in [6.07, 6.45) is 0. The number of aromatic nitrogens is 1. The number of carbonyl (C=O) groups is 1. The van der Waals surface area contributed by atoms with E-state index in [1.54, 1.807) is 5.38 Å². The first kappa shape index (κ1) is 18.2. The molecule has 0 radical (unpaired) electrons. The number of halogens is 2. The van der Waals surface area contributed by atoms with Crippen molar-refractivity contribution in [3.8, 4) is 10.6 Å². The molecule has 0 fully saturated rings. The second-order valence-corrected chi connectivity index (χ2v) is 6.95. The normalized spacial score (nSPS) is 11.0. The first-order valence-electron chi connectivity index (χ1n) is 8.11. The number of benzene rings is 2. The van der Waals surface area contributed by atoms with Gasteiger partial charge in [0.1, 0.15) is 28.8 Å². The Hall–Kier alpha value is -2.60. The molecule has 0 atom stereocenters. The summed E-state index contributed by atoms with van der Waals surface area (Å²) in [7, 11) is 0. The molecule has 1 heterocycles. The van der Waals surface area contributed by atoms with Crippen LogP contribution in [-0.2, 0) is 11.3 Å². The fourth-order valence-corrected chi connectivity index (χ4v) is 3.23. The van der Waals surface area contributed by atoms with Gasteiger partial charge in [0.25, 0.3) is 0 Å². The van der Waals surface area contributed by atoms with E-state index in [-0.39, 0.29) is 6.61 Å². The Morgan fingerprint density at radius 2 is 1.77 bits per heavy atom. The van der Waals surface area contributed by atoms with E-state index >= 15 is 0 Å². The Kier molecular flexibility index (Phi) is 5.42. The van der Waals surface area contributed by atoms with Crippen molar-refractivity contribution in [1.29, 1.82) is 0 Å². The maximum absolute atomic E-state index is 13.6. The second kappa shape index (κ2) is 7.74. The van der Waals surface area contributed by atoms with Gasteiger partial charge in [0, 0.05) is 10.9 Å². The summed E-state index contributed by atoms with van der Waals surface area (Å²) in [6.45, 7) is 4.11. The lowest BCUT2D eigenvalue weighted by atomic mass is 10.0. The molecule has 0 bridgehead atoms. The molecule has 6 heteroatoms.